The number of nitrogens with one attached hydrogen (secondary N) is 1. The zero-order valence-electron chi connectivity index (χ0n) is 15.3. The predicted octanol–water partition coefficient (Wildman–Crippen LogP) is 3.92. The third-order valence-electron chi connectivity index (χ3n) is 6.27. The van der Waals surface area contributed by atoms with Gasteiger partial charge in [-0.15, -0.1) is 0 Å². The molecule has 5 heteroatoms. The van der Waals surface area contributed by atoms with Crippen molar-refractivity contribution in [3.8, 4) is 17.0 Å². The van der Waals surface area contributed by atoms with Crippen molar-refractivity contribution in [3.63, 3.8) is 0 Å². The van der Waals surface area contributed by atoms with E-state index in [1.807, 2.05) is 29.9 Å². The lowest BCUT2D eigenvalue weighted by molar-refractivity contribution is -0.0151. The molecular formula is C21H25N3O2. The highest BCUT2D eigenvalue weighted by Gasteiger charge is 2.50. The monoisotopic (exact) mass is 351 g/mol. The van der Waals surface area contributed by atoms with Crippen LogP contribution in [0.25, 0.3) is 11.3 Å². The second-order valence-electron chi connectivity index (χ2n) is 7.95. The molecular weight excluding hydrogens is 326 g/mol. The van der Waals surface area contributed by atoms with Crippen molar-refractivity contribution in [2.24, 2.45) is 7.05 Å². The Morgan fingerprint density at radius 1 is 1.19 bits per heavy atom. The van der Waals surface area contributed by atoms with Crippen LogP contribution in [0.2, 0.25) is 0 Å². The van der Waals surface area contributed by atoms with Gasteiger partial charge >= 0.3 is 0 Å². The number of benzene rings is 1. The van der Waals surface area contributed by atoms with Crippen molar-refractivity contribution in [1.82, 2.24) is 15.1 Å². The summed E-state index contributed by atoms with van der Waals surface area (Å²) in [5.41, 5.74) is 3.25. The van der Waals surface area contributed by atoms with Crippen LogP contribution < -0.4 is 10.1 Å². The van der Waals surface area contributed by atoms with E-state index in [0.717, 1.165) is 54.7 Å². The molecule has 2 fully saturated rings. The molecule has 2 heterocycles. The second kappa shape index (κ2) is 5.86. The number of hydrogen-bond acceptors (Lipinski definition) is 3. The molecule has 5 rings (SSSR count). The molecule has 2 aromatic rings. The van der Waals surface area contributed by atoms with Gasteiger partial charge in [0.2, 0.25) is 0 Å². The molecule has 1 amide bonds. The lowest BCUT2D eigenvalue weighted by Gasteiger charge is -2.45. The smallest absolute Gasteiger partial charge is 0.272 e. The zero-order valence-corrected chi connectivity index (χ0v) is 15.3. The minimum Gasteiger partial charge on any atom is -0.482 e. The van der Waals surface area contributed by atoms with E-state index in [1.165, 1.54) is 19.3 Å². The summed E-state index contributed by atoms with van der Waals surface area (Å²) < 4.78 is 8.31. The molecule has 0 bridgehead atoms. The van der Waals surface area contributed by atoms with Gasteiger partial charge in [0.1, 0.15) is 11.4 Å². The van der Waals surface area contributed by atoms with Crippen LogP contribution in [0.3, 0.4) is 0 Å². The number of para-hydroxylation sites is 1. The van der Waals surface area contributed by atoms with Crippen molar-refractivity contribution in [1.29, 1.82) is 0 Å². The first kappa shape index (κ1) is 15.9. The van der Waals surface area contributed by atoms with Gasteiger partial charge in [0.15, 0.2) is 5.69 Å². The van der Waals surface area contributed by atoms with E-state index in [4.69, 9.17) is 4.74 Å². The van der Waals surface area contributed by atoms with Gasteiger partial charge in [-0.05, 0) is 44.2 Å². The molecule has 1 aliphatic heterocycles. The fraction of sp³-hybridized carbons (Fsp3) is 0.524. The summed E-state index contributed by atoms with van der Waals surface area (Å²) in [5, 5.41) is 7.90. The maximum Gasteiger partial charge on any atom is 0.272 e. The van der Waals surface area contributed by atoms with Gasteiger partial charge in [0.25, 0.3) is 5.91 Å². The van der Waals surface area contributed by atoms with Gasteiger partial charge in [-0.3, -0.25) is 9.48 Å². The molecule has 1 spiro atoms. The van der Waals surface area contributed by atoms with Crippen molar-refractivity contribution in [2.75, 3.05) is 0 Å². The summed E-state index contributed by atoms with van der Waals surface area (Å²) >= 11 is 0. The highest BCUT2D eigenvalue weighted by Crippen LogP contribution is 2.54. The molecule has 0 saturated heterocycles. The number of aromatic nitrogens is 2. The van der Waals surface area contributed by atoms with Crippen LogP contribution in [0.15, 0.2) is 24.3 Å². The van der Waals surface area contributed by atoms with Crippen LogP contribution in [0, 0.1) is 0 Å². The van der Waals surface area contributed by atoms with E-state index in [-0.39, 0.29) is 17.6 Å². The Kier molecular flexibility index (Phi) is 3.59. The summed E-state index contributed by atoms with van der Waals surface area (Å²) in [4.78, 5) is 13.1. The van der Waals surface area contributed by atoms with Crippen molar-refractivity contribution in [3.05, 3.63) is 35.5 Å². The number of fused-ring (bicyclic) bond motifs is 4. The molecule has 3 aliphatic rings. The number of ether oxygens (including phenoxy) is 1. The van der Waals surface area contributed by atoms with E-state index in [9.17, 15) is 4.79 Å². The van der Waals surface area contributed by atoms with Gasteiger partial charge in [0.05, 0.1) is 11.3 Å². The molecule has 0 atom stereocenters. The second-order valence-corrected chi connectivity index (χ2v) is 7.95. The van der Waals surface area contributed by atoms with Crippen LogP contribution in [-0.2, 0) is 12.6 Å². The first-order valence-electron chi connectivity index (χ1n) is 9.85. The van der Waals surface area contributed by atoms with Gasteiger partial charge in [-0.2, -0.15) is 5.10 Å². The average molecular weight is 351 g/mol. The van der Waals surface area contributed by atoms with Crippen LogP contribution in [0.5, 0.6) is 5.75 Å². The van der Waals surface area contributed by atoms with Gasteiger partial charge in [-0.25, -0.2) is 0 Å². The third kappa shape index (κ3) is 2.29. The Labute approximate surface area is 153 Å². The van der Waals surface area contributed by atoms with E-state index in [2.05, 4.69) is 16.5 Å². The summed E-state index contributed by atoms with van der Waals surface area (Å²) in [6.07, 6.45) is 8.85. The van der Waals surface area contributed by atoms with Crippen LogP contribution in [-0.4, -0.2) is 21.7 Å². The molecule has 136 valence electrons. The minimum absolute atomic E-state index is 0.0389. The minimum atomic E-state index is -0.378. The Bertz CT molecular complexity index is 860. The number of amides is 1. The van der Waals surface area contributed by atoms with E-state index in [0.29, 0.717) is 5.69 Å². The number of carbonyl (C=O) groups excluding carboxylic acids is 1. The fourth-order valence-electron chi connectivity index (χ4n) is 4.79. The van der Waals surface area contributed by atoms with E-state index < -0.39 is 0 Å². The standard InChI is InChI=1S/C21H25N3O2/c1-24-19-15-10-5-6-11-16(15)26-21(12-7-13-21)17(19)18(23-24)20(25)22-14-8-3-2-4-9-14/h5-6,10-11,14H,2-4,7-9,12-13H2,1H3,(H,22,25). The van der Waals surface area contributed by atoms with Gasteiger partial charge in [0, 0.05) is 18.7 Å². The lowest BCUT2D eigenvalue weighted by atomic mass is 9.71. The fourth-order valence-corrected chi connectivity index (χ4v) is 4.79. The highest BCUT2D eigenvalue weighted by molar-refractivity contribution is 5.97. The molecule has 1 aromatic carbocycles. The van der Waals surface area contributed by atoms with Crippen molar-refractivity contribution < 1.29 is 9.53 Å². The highest BCUT2D eigenvalue weighted by atomic mass is 16.5. The zero-order chi connectivity index (χ0) is 17.7. The molecule has 0 unspecified atom stereocenters. The molecule has 2 aliphatic carbocycles. The van der Waals surface area contributed by atoms with Crippen molar-refractivity contribution >= 4 is 5.91 Å². The number of rotatable bonds is 2. The van der Waals surface area contributed by atoms with Crippen LogP contribution >= 0.6 is 0 Å². The van der Waals surface area contributed by atoms with Gasteiger partial charge < -0.3 is 10.1 Å². The topological polar surface area (TPSA) is 56.2 Å². The Morgan fingerprint density at radius 2 is 1.96 bits per heavy atom. The summed E-state index contributed by atoms with van der Waals surface area (Å²) in [5.74, 6) is 0.866. The largest absolute Gasteiger partial charge is 0.482 e. The summed E-state index contributed by atoms with van der Waals surface area (Å²) in [7, 11) is 1.94. The van der Waals surface area contributed by atoms with Crippen LogP contribution in [0.4, 0.5) is 0 Å². The van der Waals surface area contributed by atoms with Crippen molar-refractivity contribution in [2.45, 2.75) is 63.0 Å². The number of carbonyl (C=O) groups is 1. The number of hydrogen-bond donors (Lipinski definition) is 1. The molecule has 1 aromatic heterocycles. The average Bonchev–Trinajstić information content (AvgIpc) is 2.99. The molecule has 2 saturated carbocycles. The molecule has 0 radical (unpaired) electrons. The normalized spacial score (nSPS) is 20.7. The van der Waals surface area contributed by atoms with Crippen LogP contribution in [0.1, 0.15) is 67.4 Å². The predicted molar refractivity (Wildman–Crippen MR) is 99.1 cm³/mol. The lowest BCUT2D eigenvalue weighted by Crippen LogP contribution is -2.44. The molecule has 1 N–H and O–H groups in total. The van der Waals surface area contributed by atoms with E-state index >= 15 is 0 Å². The Balaban J connectivity index is 1.58. The first-order valence-corrected chi connectivity index (χ1v) is 9.85. The SMILES string of the molecule is Cn1nc(C(=O)NC2CCCCC2)c2c1-c1ccccc1OC21CCC1. The Morgan fingerprint density at radius 3 is 2.69 bits per heavy atom. The summed E-state index contributed by atoms with van der Waals surface area (Å²) in [6.45, 7) is 0. The molecule has 5 nitrogen and oxygen atoms in total. The summed E-state index contributed by atoms with van der Waals surface area (Å²) in [6, 6.07) is 8.38. The third-order valence-corrected chi connectivity index (χ3v) is 6.27. The maximum atomic E-state index is 13.1. The van der Waals surface area contributed by atoms with Gasteiger partial charge in [-0.1, -0.05) is 31.4 Å². The first-order chi connectivity index (χ1) is 12.7. The Hall–Kier alpha value is -2.30. The molecule has 26 heavy (non-hydrogen) atoms. The number of nitrogens with zero attached hydrogens (tertiary/aromatic N) is 2. The quantitative estimate of drug-likeness (QED) is 0.892. The maximum absolute atomic E-state index is 13.1. The number of aryl methyl sites for hydroxylation is 1. The van der Waals surface area contributed by atoms with E-state index in [1.54, 1.807) is 0 Å².